The van der Waals surface area contributed by atoms with Gasteiger partial charge in [0.2, 0.25) is 0 Å². The van der Waals surface area contributed by atoms with Gasteiger partial charge in [0, 0.05) is 16.5 Å². The third-order valence-electron chi connectivity index (χ3n) is 2.16. The summed E-state index contributed by atoms with van der Waals surface area (Å²) >= 11 is 6.60. The van der Waals surface area contributed by atoms with E-state index in [1.807, 2.05) is 0 Å². The number of hydrogen-bond acceptors (Lipinski definition) is 2. The first-order valence-electron chi connectivity index (χ1n) is 4.92. The fraction of sp³-hybridized carbons (Fsp3) is 0.364. The van der Waals surface area contributed by atoms with Crippen LogP contribution in [0.25, 0.3) is 0 Å². The van der Waals surface area contributed by atoms with Crippen LogP contribution < -0.4 is 0 Å². The lowest BCUT2D eigenvalue weighted by Gasteiger charge is -2.15. The van der Waals surface area contributed by atoms with Gasteiger partial charge in [0.15, 0.2) is 5.92 Å². The first-order chi connectivity index (χ1) is 8.30. The van der Waals surface area contributed by atoms with Crippen molar-refractivity contribution in [1.29, 1.82) is 0 Å². The average molecular weight is 299 g/mol. The predicted molar refractivity (Wildman–Crippen MR) is 64.8 cm³/mol. The molecule has 1 N–H and O–H groups in total. The predicted octanol–water partition coefficient (Wildman–Crippen LogP) is 3.84. The summed E-state index contributed by atoms with van der Waals surface area (Å²) in [6.45, 7) is 0. The fourth-order valence-corrected chi connectivity index (χ4v) is 2.42. The van der Waals surface area contributed by atoms with E-state index in [0.29, 0.717) is 10.8 Å². The van der Waals surface area contributed by atoms with E-state index >= 15 is 0 Å². The summed E-state index contributed by atoms with van der Waals surface area (Å²) in [7, 11) is 0. The van der Waals surface area contributed by atoms with Gasteiger partial charge >= 0.3 is 12.1 Å². The SMILES string of the molecule is O=C(O)C(CSCc1ccc(Cl)cc1)C(F)(F)F. The van der Waals surface area contributed by atoms with Crippen molar-refractivity contribution in [2.75, 3.05) is 5.75 Å². The molecule has 0 amide bonds. The number of hydrogen-bond donors (Lipinski definition) is 1. The number of carbonyl (C=O) groups is 1. The van der Waals surface area contributed by atoms with Crippen molar-refractivity contribution in [1.82, 2.24) is 0 Å². The van der Waals surface area contributed by atoms with E-state index in [0.717, 1.165) is 17.3 Å². The Morgan fingerprint density at radius 2 is 1.89 bits per heavy atom. The molecule has 1 unspecified atom stereocenters. The van der Waals surface area contributed by atoms with Crippen LogP contribution in [0.5, 0.6) is 0 Å². The summed E-state index contributed by atoms with van der Waals surface area (Å²) in [5, 5.41) is 9.04. The summed E-state index contributed by atoms with van der Waals surface area (Å²) in [5.41, 5.74) is 0.802. The molecule has 18 heavy (non-hydrogen) atoms. The first-order valence-corrected chi connectivity index (χ1v) is 6.45. The fourth-order valence-electron chi connectivity index (χ4n) is 1.18. The molecular formula is C11H10ClF3O2S. The number of halogens is 4. The Bertz CT molecular complexity index is 406. The zero-order valence-electron chi connectivity index (χ0n) is 9.08. The molecule has 1 aromatic carbocycles. The highest BCUT2D eigenvalue weighted by Gasteiger charge is 2.44. The van der Waals surface area contributed by atoms with Crippen molar-refractivity contribution in [2.24, 2.45) is 5.92 Å². The van der Waals surface area contributed by atoms with Gasteiger partial charge in [0.05, 0.1) is 0 Å². The van der Waals surface area contributed by atoms with Gasteiger partial charge in [0.25, 0.3) is 0 Å². The highest BCUT2D eigenvalue weighted by atomic mass is 35.5. The second kappa shape index (κ2) is 6.33. The van der Waals surface area contributed by atoms with E-state index in [2.05, 4.69) is 0 Å². The minimum atomic E-state index is -4.71. The van der Waals surface area contributed by atoms with Gasteiger partial charge in [-0.25, -0.2) is 0 Å². The lowest BCUT2D eigenvalue weighted by Crippen LogP contribution is -2.32. The van der Waals surface area contributed by atoms with Gasteiger partial charge in [-0.3, -0.25) is 4.79 Å². The summed E-state index contributed by atoms with van der Waals surface area (Å²) in [5.74, 6) is -4.35. The number of alkyl halides is 3. The molecular weight excluding hydrogens is 289 g/mol. The highest BCUT2D eigenvalue weighted by molar-refractivity contribution is 7.98. The summed E-state index contributed by atoms with van der Waals surface area (Å²) < 4.78 is 37.0. The van der Waals surface area contributed by atoms with Crippen LogP contribution in [0.15, 0.2) is 24.3 Å². The number of aliphatic carboxylic acids is 1. The third-order valence-corrected chi connectivity index (χ3v) is 3.52. The second-order valence-corrected chi connectivity index (χ2v) is 5.04. The maximum atomic E-state index is 12.3. The molecule has 7 heteroatoms. The molecule has 0 aliphatic rings. The van der Waals surface area contributed by atoms with Gasteiger partial charge in [-0.1, -0.05) is 23.7 Å². The molecule has 0 saturated heterocycles. The zero-order chi connectivity index (χ0) is 13.8. The molecule has 0 heterocycles. The number of carboxylic acids is 1. The Balaban J connectivity index is 2.49. The molecule has 1 aromatic rings. The molecule has 0 spiro atoms. The van der Waals surface area contributed by atoms with Gasteiger partial charge < -0.3 is 5.11 Å². The Kier molecular flexibility index (Phi) is 5.34. The number of rotatable bonds is 5. The monoisotopic (exact) mass is 298 g/mol. The average Bonchev–Trinajstić information content (AvgIpc) is 2.24. The van der Waals surface area contributed by atoms with Gasteiger partial charge in [-0.2, -0.15) is 24.9 Å². The van der Waals surface area contributed by atoms with E-state index in [-0.39, 0.29) is 0 Å². The minimum Gasteiger partial charge on any atom is -0.481 e. The van der Waals surface area contributed by atoms with Crippen LogP contribution >= 0.6 is 23.4 Å². The summed E-state index contributed by atoms with van der Waals surface area (Å²) in [4.78, 5) is 10.5. The zero-order valence-corrected chi connectivity index (χ0v) is 10.6. The number of thioether (sulfide) groups is 1. The van der Waals surface area contributed by atoms with E-state index in [1.165, 1.54) is 0 Å². The topological polar surface area (TPSA) is 37.3 Å². The Morgan fingerprint density at radius 3 is 2.33 bits per heavy atom. The molecule has 100 valence electrons. The Morgan fingerprint density at radius 1 is 1.33 bits per heavy atom. The second-order valence-electron chi connectivity index (χ2n) is 3.57. The molecule has 0 aromatic heterocycles. The lowest BCUT2D eigenvalue weighted by molar-refractivity contribution is -0.188. The first kappa shape index (κ1) is 15.2. The molecule has 0 fully saturated rings. The minimum absolute atomic E-state index is 0.316. The third kappa shape index (κ3) is 4.78. The molecule has 0 bridgehead atoms. The molecule has 1 rings (SSSR count). The van der Waals surface area contributed by atoms with Crippen LogP contribution in [0.1, 0.15) is 5.56 Å². The van der Waals surface area contributed by atoms with Crippen molar-refractivity contribution in [3.63, 3.8) is 0 Å². The maximum Gasteiger partial charge on any atom is 0.403 e. The van der Waals surface area contributed by atoms with Crippen molar-refractivity contribution in [3.8, 4) is 0 Å². The standard InChI is InChI=1S/C11H10ClF3O2S/c12-8-3-1-7(2-4-8)5-18-6-9(10(16)17)11(13,14)15/h1-4,9H,5-6H2,(H,16,17). The van der Waals surface area contributed by atoms with Gasteiger partial charge in [0.1, 0.15) is 0 Å². The van der Waals surface area contributed by atoms with E-state index in [9.17, 15) is 18.0 Å². The summed E-state index contributed by atoms with van der Waals surface area (Å²) in [6.07, 6.45) is -4.71. The van der Waals surface area contributed by atoms with Crippen LogP contribution in [-0.2, 0) is 10.5 Å². The van der Waals surface area contributed by atoms with Crippen molar-refractivity contribution in [3.05, 3.63) is 34.9 Å². The van der Waals surface area contributed by atoms with E-state index < -0.39 is 23.8 Å². The van der Waals surface area contributed by atoms with E-state index in [4.69, 9.17) is 16.7 Å². The van der Waals surface area contributed by atoms with E-state index in [1.54, 1.807) is 24.3 Å². The molecule has 1 atom stereocenters. The van der Waals surface area contributed by atoms with Gasteiger partial charge in [-0.15, -0.1) is 0 Å². The number of benzene rings is 1. The summed E-state index contributed by atoms with van der Waals surface area (Å²) in [6, 6.07) is 6.66. The smallest absolute Gasteiger partial charge is 0.403 e. The molecule has 0 aliphatic heterocycles. The van der Waals surface area contributed by atoms with Crippen molar-refractivity contribution in [2.45, 2.75) is 11.9 Å². The molecule has 2 nitrogen and oxygen atoms in total. The van der Waals surface area contributed by atoms with Crippen molar-refractivity contribution >= 4 is 29.3 Å². The Hall–Kier alpha value is -0.880. The molecule has 0 aliphatic carbocycles. The largest absolute Gasteiger partial charge is 0.481 e. The molecule has 0 radical (unpaired) electrons. The Labute approximate surface area is 111 Å². The molecule has 0 saturated carbocycles. The quantitative estimate of drug-likeness (QED) is 0.897. The highest BCUT2D eigenvalue weighted by Crippen LogP contribution is 2.30. The normalized spacial score (nSPS) is 13.3. The van der Waals surface area contributed by atoms with Crippen molar-refractivity contribution < 1.29 is 23.1 Å². The lowest BCUT2D eigenvalue weighted by atomic mass is 10.2. The van der Waals surface area contributed by atoms with Crippen LogP contribution in [0.3, 0.4) is 0 Å². The van der Waals surface area contributed by atoms with Crippen LogP contribution in [0.4, 0.5) is 13.2 Å². The van der Waals surface area contributed by atoms with Crippen LogP contribution in [-0.4, -0.2) is 23.0 Å². The number of carboxylic acid groups (broad SMARTS) is 1. The van der Waals surface area contributed by atoms with Gasteiger partial charge in [-0.05, 0) is 17.7 Å². The maximum absolute atomic E-state index is 12.3. The van der Waals surface area contributed by atoms with Crippen LogP contribution in [0.2, 0.25) is 5.02 Å². The van der Waals surface area contributed by atoms with Crippen LogP contribution in [0, 0.1) is 5.92 Å².